The van der Waals surface area contributed by atoms with Gasteiger partial charge in [-0.1, -0.05) is 76.2 Å². The molecule has 5 rings (SSSR count). The number of anilines is 2. The van der Waals surface area contributed by atoms with Crippen LogP contribution in [0, 0.1) is 22.7 Å². The molecular formula is C36H40N2O2. The fourth-order valence-corrected chi connectivity index (χ4v) is 5.57. The molecule has 2 unspecified atom stereocenters. The molecular weight excluding hydrogens is 492 g/mol. The molecule has 3 aromatic rings. The van der Waals surface area contributed by atoms with Gasteiger partial charge in [-0.05, 0) is 95.2 Å². The van der Waals surface area contributed by atoms with Gasteiger partial charge in [0.1, 0.15) is 23.0 Å². The largest absolute Gasteiger partial charge is 0.458 e. The molecule has 0 radical (unpaired) electrons. The lowest BCUT2D eigenvalue weighted by Crippen LogP contribution is -2.26. The van der Waals surface area contributed by atoms with Crippen molar-refractivity contribution >= 4 is 11.4 Å². The van der Waals surface area contributed by atoms with Crippen LogP contribution in [0.25, 0.3) is 0 Å². The van der Waals surface area contributed by atoms with Gasteiger partial charge in [0.25, 0.3) is 0 Å². The zero-order chi connectivity index (χ0) is 28.3. The molecule has 0 saturated heterocycles. The summed E-state index contributed by atoms with van der Waals surface area (Å²) in [5.74, 6) is 3.98. The number of nitrogens with two attached hydrogens (primary N) is 2. The quantitative estimate of drug-likeness (QED) is 0.286. The average Bonchev–Trinajstić information content (AvgIpc) is 2.87. The second-order valence-electron chi connectivity index (χ2n) is 12.2. The zero-order valence-electron chi connectivity index (χ0n) is 23.9. The first-order valence-electron chi connectivity index (χ1n) is 14.0. The number of benzene rings is 3. The first kappa shape index (κ1) is 27.4. The molecule has 4 N–H and O–H groups in total. The van der Waals surface area contributed by atoms with Crippen molar-refractivity contribution in [2.24, 2.45) is 22.7 Å². The minimum atomic E-state index is -0.0425. The average molecular weight is 533 g/mol. The SMILES string of the molecule is CC1(C)C=C(Oc2cccc(N)c2)C=CC1Cc1cccc(CC2C=CC(Oc3cccc(N)c3)=CC2(C)C)c1. The van der Waals surface area contributed by atoms with Crippen molar-refractivity contribution in [2.75, 3.05) is 11.5 Å². The summed E-state index contributed by atoms with van der Waals surface area (Å²) in [5, 5.41) is 0. The Labute approximate surface area is 238 Å². The summed E-state index contributed by atoms with van der Waals surface area (Å²) in [6.07, 6.45) is 15.2. The Kier molecular flexibility index (Phi) is 7.62. The van der Waals surface area contributed by atoms with Crippen LogP contribution in [-0.4, -0.2) is 0 Å². The Balaban J connectivity index is 1.23. The third-order valence-corrected chi connectivity index (χ3v) is 8.02. The lowest BCUT2D eigenvalue weighted by atomic mass is 9.72. The number of rotatable bonds is 8. The van der Waals surface area contributed by atoms with Crippen LogP contribution in [0.2, 0.25) is 0 Å². The monoisotopic (exact) mass is 532 g/mol. The van der Waals surface area contributed by atoms with E-state index in [0.717, 1.165) is 35.9 Å². The molecule has 0 aromatic heterocycles. The molecule has 40 heavy (non-hydrogen) atoms. The van der Waals surface area contributed by atoms with E-state index in [9.17, 15) is 0 Å². The highest BCUT2D eigenvalue weighted by Crippen LogP contribution is 2.40. The Morgan fingerprint density at radius 1 is 0.600 bits per heavy atom. The van der Waals surface area contributed by atoms with Crippen molar-refractivity contribution in [3.8, 4) is 11.5 Å². The van der Waals surface area contributed by atoms with Gasteiger partial charge in [-0.15, -0.1) is 0 Å². The lowest BCUT2D eigenvalue weighted by molar-refractivity contribution is 0.311. The predicted octanol–water partition coefficient (Wildman–Crippen LogP) is 8.29. The molecule has 0 saturated carbocycles. The second kappa shape index (κ2) is 11.1. The van der Waals surface area contributed by atoms with E-state index in [0.29, 0.717) is 23.2 Å². The molecule has 2 aliphatic carbocycles. The molecule has 206 valence electrons. The molecule has 3 aromatic carbocycles. The maximum absolute atomic E-state index is 6.11. The Bertz CT molecular complexity index is 1380. The van der Waals surface area contributed by atoms with Gasteiger partial charge in [0.05, 0.1) is 0 Å². The second-order valence-corrected chi connectivity index (χ2v) is 12.2. The highest BCUT2D eigenvalue weighted by atomic mass is 16.5. The minimum absolute atomic E-state index is 0.0425. The molecule has 0 aliphatic heterocycles. The van der Waals surface area contributed by atoms with Crippen molar-refractivity contribution in [1.29, 1.82) is 0 Å². The first-order valence-corrected chi connectivity index (χ1v) is 14.0. The summed E-state index contributed by atoms with van der Waals surface area (Å²) >= 11 is 0. The van der Waals surface area contributed by atoms with Gasteiger partial charge in [0.15, 0.2) is 0 Å². The standard InChI is InChI=1S/C36H40N2O2/c1-35(2)23-33(39-31-12-6-10-29(37)21-31)16-14-27(35)19-25-8-5-9-26(18-25)20-28-15-17-34(24-36(28,3)4)40-32-13-7-11-30(38)22-32/h5-18,21-24,27-28H,19-20,37-38H2,1-4H3. The van der Waals surface area contributed by atoms with Crippen LogP contribution < -0.4 is 20.9 Å². The van der Waals surface area contributed by atoms with Gasteiger partial charge in [-0.2, -0.15) is 0 Å². The number of hydrogen-bond donors (Lipinski definition) is 2. The van der Waals surface area contributed by atoms with E-state index >= 15 is 0 Å². The molecule has 0 heterocycles. The highest BCUT2D eigenvalue weighted by molar-refractivity contribution is 5.46. The molecule has 0 spiro atoms. The van der Waals surface area contributed by atoms with Crippen molar-refractivity contribution in [3.05, 3.63) is 132 Å². The topological polar surface area (TPSA) is 70.5 Å². The number of hydrogen-bond acceptors (Lipinski definition) is 4. The lowest BCUT2D eigenvalue weighted by Gasteiger charge is -2.34. The number of allylic oxidation sites excluding steroid dienone is 6. The van der Waals surface area contributed by atoms with E-state index in [2.05, 4.69) is 88.4 Å². The summed E-state index contributed by atoms with van der Waals surface area (Å²) in [6, 6.07) is 24.2. The Morgan fingerprint density at radius 2 is 1.02 bits per heavy atom. The van der Waals surface area contributed by atoms with Crippen LogP contribution in [-0.2, 0) is 12.8 Å². The van der Waals surface area contributed by atoms with E-state index in [1.807, 2.05) is 48.5 Å². The zero-order valence-corrected chi connectivity index (χ0v) is 23.9. The summed E-state index contributed by atoms with van der Waals surface area (Å²) in [4.78, 5) is 0. The van der Waals surface area contributed by atoms with Crippen molar-refractivity contribution in [1.82, 2.24) is 0 Å². The van der Waals surface area contributed by atoms with Crippen molar-refractivity contribution in [2.45, 2.75) is 40.5 Å². The van der Waals surface area contributed by atoms with E-state index < -0.39 is 0 Å². The fourth-order valence-electron chi connectivity index (χ4n) is 5.57. The molecule has 2 atom stereocenters. The summed E-state index contributed by atoms with van der Waals surface area (Å²) < 4.78 is 12.2. The smallest absolute Gasteiger partial charge is 0.129 e. The molecule has 4 nitrogen and oxygen atoms in total. The normalized spacial score (nSPS) is 20.9. The number of ether oxygens (including phenoxy) is 2. The van der Waals surface area contributed by atoms with Crippen LogP contribution in [0.3, 0.4) is 0 Å². The van der Waals surface area contributed by atoms with Gasteiger partial charge in [0.2, 0.25) is 0 Å². The third kappa shape index (κ3) is 6.69. The van der Waals surface area contributed by atoms with Gasteiger partial charge in [-0.3, -0.25) is 0 Å². The molecule has 0 amide bonds. The predicted molar refractivity (Wildman–Crippen MR) is 166 cm³/mol. The van der Waals surface area contributed by atoms with Gasteiger partial charge >= 0.3 is 0 Å². The summed E-state index contributed by atoms with van der Waals surface area (Å²) in [5.41, 5.74) is 15.9. The summed E-state index contributed by atoms with van der Waals surface area (Å²) in [7, 11) is 0. The van der Waals surface area contributed by atoms with Crippen LogP contribution in [0.15, 0.2) is 121 Å². The maximum Gasteiger partial charge on any atom is 0.129 e. The molecule has 2 aliphatic rings. The van der Waals surface area contributed by atoms with E-state index in [4.69, 9.17) is 20.9 Å². The van der Waals surface area contributed by atoms with Gasteiger partial charge in [-0.25, -0.2) is 0 Å². The maximum atomic E-state index is 6.11. The Hall–Kier alpha value is -4.18. The van der Waals surface area contributed by atoms with E-state index in [1.165, 1.54) is 11.1 Å². The molecule has 0 bridgehead atoms. The van der Waals surface area contributed by atoms with Gasteiger partial charge < -0.3 is 20.9 Å². The molecule has 0 fully saturated rings. The summed E-state index contributed by atoms with van der Waals surface area (Å²) in [6.45, 7) is 9.11. The molecule has 4 heteroatoms. The van der Waals surface area contributed by atoms with Crippen LogP contribution >= 0.6 is 0 Å². The van der Waals surface area contributed by atoms with E-state index in [-0.39, 0.29) is 10.8 Å². The fraction of sp³-hybridized carbons (Fsp3) is 0.278. The minimum Gasteiger partial charge on any atom is -0.458 e. The van der Waals surface area contributed by atoms with Gasteiger partial charge in [0, 0.05) is 23.5 Å². The highest BCUT2D eigenvalue weighted by Gasteiger charge is 2.31. The number of nitrogen functional groups attached to an aromatic ring is 2. The van der Waals surface area contributed by atoms with E-state index in [1.54, 1.807) is 0 Å². The van der Waals surface area contributed by atoms with Crippen molar-refractivity contribution in [3.63, 3.8) is 0 Å². The van der Waals surface area contributed by atoms with Crippen molar-refractivity contribution < 1.29 is 9.47 Å². The third-order valence-electron chi connectivity index (χ3n) is 8.02. The first-order chi connectivity index (χ1) is 19.1. The Morgan fingerprint density at radius 3 is 1.43 bits per heavy atom. The van der Waals surface area contributed by atoms with Crippen LogP contribution in [0.1, 0.15) is 38.8 Å². The van der Waals surface area contributed by atoms with Crippen LogP contribution in [0.4, 0.5) is 11.4 Å². The van der Waals surface area contributed by atoms with Crippen LogP contribution in [0.5, 0.6) is 11.5 Å².